The van der Waals surface area contributed by atoms with Gasteiger partial charge in [-0.05, 0) is 12.5 Å². The summed E-state index contributed by atoms with van der Waals surface area (Å²) in [6, 6.07) is 3.20. The number of nitrogens with zero attached hydrogens (tertiary/aromatic N) is 1. The number of carboxylic acid groups (broad SMARTS) is 1. The lowest BCUT2D eigenvalue weighted by atomic mass is 10.0. The quantitative estimate of drug-likeness (QED) is 0.130. The number of aromatic amines is 1. The molecule has 37 heavy (non-hydrogen) atoms. The maximum Gasteiger partial charge on any atom is 0.328 e. The summed E-state index contributed by atoms with van der Waals surface area (Å²) in [5.41, 5.74) is 11.9. The zero-order valence-corrected chi connectivity index (χ0v) is 20.1. The molecule has 0 saturated carbocycles. The second kappa shape index (κ2) is 13.7. The standard InChI is InChI=1S/C23H31N7O7/c1-12(31)19(23(36)37)30-22(35)16(7-13-5-3-2-4-6-13)29-21(34)17(8-14-10-26-11-27-14)28-20(33)15(24)9-18(25)32/h2-6,10-12,15-17,19,31H,7-9,24H2,1H3,(H2,25,32)(H,26,27)(H,28,33)(H,29,34)(H,30,35)(H,36,37). The molecule has 0 radical (unpaired) electrons. The van der Waals surface area contributed by atoms with Crippen LogP contribution < -0.4 is 27.4 Å². The molecular formula is C23H31N7O7. The van der Waals surface area contributed by atoms with Gasteiger partial charge in [0, 0.05) is 24.7 Å². The van der Waals surface area contributed by atoms with Gasteiger partial charge in [-0.2, -0.15) is 0 Å². The highest BCUT2D eigenvalue weighted by atomic mass is 16.4. The molecule has 0 saturated heterocycles. The van der Waals surface area contributed by atoms with E-state index in [9.17, 15) is 34.2 Å². The van der Waals surface area contributed by atoms with Gasteiger partial charge in [0.25, 0.3) is 0 Å². The topological polar surface area (TPSA) is 243 Å². The minimum absolute atomic E-state index is 0.0174. The van der Waals surface area contributed by atoms with Crippen LogP contribution in [0.25, 0.3) is 0 Å². The van der Waals surface area contributed by atoms with Gasteiger partial charge in [-0.1, -0.05) is 30.3 Å². The Hall–Kier alpha value is -4.30. The SMILES string of the molecule is CC(O)C(NC(=O)C(Cc1ccccc1)NC(=O)C(Cc1cnc[nH]1)NC(=O)C(N)CC(N)=O)C(=O)O. The van der Waals surface area contributed by atoms with Crippen molar-refractivity contribution in [2.24, 2.45) is 11.5 Å². The van der Waals surface area contributed by atoms with Gasteiger partial charge < -0.3 is 42.6 Å². The van der Waals surface area contributed by atoms with Crippen molar-refractivity contribution in [2.75, 3.05) is 0 Å². The molecule has 200 valence electrons. The van der Waals surface area contributed by atoms with Crippen molar-refractivity contribution in [3.63, 3.8) is 0 Å². The van der Waals surface area contributed by atoms with Gasteiger partial charge in [-0.25, -0.2) is 9.78 Å². The number of aromatic nitrogens is 2. The maximum atomic E-state index is 13.3. The lowest BCUT2D eigenvalue weighted by Gasteiger charge is -2.25. The number of aliphatic hydroxyl groups is 1. The highest BCUT2D eigenvalue weighted by Crippen LogP contribution is 2.07. The Bertz CT molecular complexity index is 1080. The van der Waals surface area contributed by atoms with Crippen molar-refractivity contribution in [1.29, 1.82) is 0 Å². The molecule has 0 aliphatic heterocycles. The lowest BCUT2D eigenvalue weighted by Crippen LogP contribution is -2.59. The number of amides is 4. The number of imidazole rings is 1. The number of H-pyrrole nitrogens is 1. The summed E-state index contributed by atoms with van der Waals surface area (Å²) < 4.78 is 0. The monoisotopic (exact) mass is 517 g/mol. The van der Waals surface area contributed by atoms with E-state index in [4.69, 9.17) is 11.5 Å². The summed E-state index contributed by atoms with van der Waals surface area (Å²) in [4.78, 5) is 68.1. The van der Waals surface area contributed by atoms with Crippen LogP contribution in [0.3, 0.4) is 0 Å². The number of carbonyl (C=O) groups is 5. The molecule has 1 aromatic heterocycles. The van der Waals surface area contributed by atoms with Crippen LogP contribution in [0, 0.1) is 0 Å². The van der Waals surface area contributed by atoms with Crippen LogP contribution in [-0.2, 0) is 36.8 Å². The number of benzene rings is 1. The van der Waals surface area contributed by atoms with Crippen molar-refractivity contribution in [3.8, 4) is 0 Å². The number of aliphatic carboxylic acids is 1. The third-order valence-corrected chi connectivity index (χ3v) is 5.33. The molecule has 0 bridgehead atoms. The summed E-state index contributed by atoms with van der Waals surface area (Å²) in [6.07, 6.45) is 0.873. The number of hydrogen-bond donors (Lipinski definition) is 8. The Balaban J connectivity index is 2.27. The number of carbonyl (C=O) groups excluding carboxylic acids is 4. The lowest BCUT2D eigenvalue weighted by molar-refractivity contribution is -0.145. The van der Waals surface area contributed by atoms with Crippen molar-refractivity contribution >= 4 is 29.6 Å². The first-order valence-corrected chi connectivity index (χ1v) is 11.3. The van der Waals surface area contributed by atoms with Crippen molar-refractivity contribution < 1.29 is 34.2 Å². The van der Waals surface area contributed by atoms with Gasteiger partial charge in [0.2, 0.25) is 23.6 Å². The van der Waals surface area contributed by atoms with Gasteiger partial charge in [0.15, 0.2) is 6.04 Å². The Morgan fingerprint density at radius 2 is 1.57 bits per heavy atom. The second-order valence-electron chi connectivity index (χ2n) is 8.44. The van der Waals surface area contributed by atoms with Gasteiger partial charge >= 0.3 is 5.97 Å². The van der Waals surface area contributed by atoms with E-state index >= 15 is 0 Å². The van der Waals surface area contributed by atoms with Gasteiger partial charge in [-0.3, -0.25) is 19.2 Å². The van der Waals surface area contributed by atoms with Crippen LogP contribution in [0.5, 0.6) is 0 Å². The fourth-order valence-electron chi connectivity index (χ4n) is 3.39. The molecule has 10 N–H and O–H groups in total. The Labute approximate surface area is 212 Å². The zero-order valence-electron chi connectivity index (χ0n) is 20.1. The third kappa shape index (κ3) is 9.35. The van der Waals surface area contributed by atoms with Crippen LogP contribution in [0.2, 0.25) is 0 Å². The number of nitrogens with one attached hydrogen (secondary N) is 4. The first-order chi connectivity index (χ1) is 17.5. The van der Waals surface area contributed by atoms with Crippen LogP contribution >= 0.6 is 0 Å². The molecule has 5 unspecified atom stereocenters. The Kier molecular flexibility index (Phi) is 10.7. The van der Waals surface area contributed by atoms with Crippen molar-refractivity contribution in [2.45, 2.75) is 56.5 Å². The van der Waals surface area contributed by atoms with E-state index < -0.39 is 66.3 Å². The Morgan fingerprint density at radius 1 is 0.973 bits per heavy atom. The minimum Gasteiger partial charge on any atom is -0.480 e. The van der Waals surface area contributed by atoms with Crippen molar-refractivity contribution in [1.82, 2.24) is 25.9 Å². The molecule has 2 aromatic rings. The summed E-state index contributed by atoms with van der Waals surface area (Å²) in [7, 11) is 0. The Morgan fingerprint density at radius 3 is 2.11 bits per heavy atom. The summed E-state index contributed by atoms with van der Waals surface area (Å²) >= 11 is 0. The fraction of sp³-hybridized carbons (Fsp3) is 0.391. The van der Waals surface area contributed by atoms with E-state index in [0.717, 1.165) is 0 Å². The van der Waals surface area contributed by atoms with Crippen LogP contribution in [0.4, 0.5) is 0 Å². The van der Waals surface area contributed by atoms with E-state index in [0.29, 0.717) is 11.3 Å². The largest absolute Gasteiger partial charge is 0.480 e. The maximum absolute atomic E-state index is 13.3. The molecular weight excluding hydrogens is 486 g/mol. The van der Waals surface area contributed by atoms with Crippen molar-refractivity contribution in [3.05, 3.63) is 54.1 Å². The molecule has 0 aliphatic carbocycles. The van der Waals surface area contributed by atoms with E-state index in [2.05, 4.69) is 25.9 Å². The number of primary amides is 1. The van der Waals surface area contributed by atoms with E-state index in [1.165, 1.54) is 19.4 Å². The smallest absolute Gasteiger partial charge is 0.328 e. The normalized spacial score (nSPS) is 14.9. The van der Waals surface area contributed by atoms with Crippen LogP contribution in [-0.4, -0.2) is 80.1 Å². The first kappa shape index (κ1) is 28.9. The highest BCUT2D eigenvalue weighted by molar-refractivity contribution is 5.95. The molecule has 2 rings (SSSR count). The molecule has 0 aliphatic rings. The van der Waals surface area contributed by atoms with Gasteiger partial charge in [0.05, 0.1) is 24.9 Å². The highest BCUT2D eigenvalue weighted by Gasteiger charge is 2.32. The number of carboxylic acids is 1. The summed E-state index contributed by atoms with van der Waals surface area (Å²) in [6.45, 7) is 1.20. The average Bonchev–Trinajstić information content (AvgIpc) is 3.34. The summed E-state index contributed by atoms with van der Waals surface area (Å²) in [5, 5.41) is 26.3. The molecule has 5 atom stereocenters. The number of rotatable bonds is 14. The molecule has 14 heteroatoms. The van der Waals surface area contributed by atoms with E-state index in [1.807, 2.05) is 0 Å². The first-order valence-electron chi connectivity index (χ1n) is 11.3. The molecule has 14 nitrogen and oxygen atoms in total. The third-order valence-electron chi connectivity index (χ3n) is 5.33. The molecule has 1 heterocycles. The number of aliphatic hydroxyl groups excluding tert-OH is 1. The number of hydrogen-bond acceptors (Lipinski definition) is 8. The fourth-order valence-corrected chi connectivity index (χ4v) is 3.39. The van der Waals surface area contributed by atoms with E-state index in [-0.39, 0.29) is 12.8 Å². The van der Waals surface area contributed by atoms with Crippen LogP contribution in [0.1, 0.15) is 24.6 Å². The predicted molar refractivity (Wildman–Crippen MR) is 129 cm³/mol. The van der Waals surface area contributed by atoms with E-state index in [1.54, 1.807) is 30.3 Å². The minimum atomic E-state index is -1.62. The summed E-state index contributed by atoms with van der Waals surface area (Å²) in [5.74, 6) is -4.72. The predicted octanol–water partition coefficient (Wildman–Crippen LogP) is -2.68. The van der Waals surface area contributed by atoms with Crippen LogP contribution in [0.15, 0.2) is 42.9 Å². The molecule has 1 aromatic carbocycles. The number of nitrogens with two attached hydrogens (primary N) is 2. The van der Waals surface area contributed by atoms with Gasteiger partial charge in [-0.15, -0.1) is 0 Å². The van der Waals surface area contributed by atoms with Gasteiger partial charge in [0.1, 0.15) is 12.1 Å². The average molecular weight is 518 g/mol. The zero-order chi connectivity index (χ0) is 27.5. The molecule has 0 fully saturated rings. The molecule has 0 spiro atoms. The molecule has 4 amide bonds. The second-order valence-corrected chi connectivity index (χ2v) is 8.44.